The molecule has 5 nitrogen and oxygen atoms in total. The molecule has 6 heteroatoms. The highest BCUT2D eigenvalue weighted by Gasteiger charge is 2.16. The number of nitrogens with two attached hydrogens (primary N) is 1. The number of hydrogen-bond acceptors (Lipinski definition) is 3. The van der Waals surface area contributed by atoms with E-state index in [9.17, 15) is 0 Å². The fourth-order valence-corrected chi connectivity index (χ4v) is 2.86. The molecule has 0 aromatic heterocycles. The summed E-state index contributed by atoms with van der Waals surface area (Å²) in [5, 5.41) is 0. The third-order valence-corrected chi connectivity index (χ3v) is 4.52. The van der Waals surface area contributed by atoms with E-state index in [-0.39, 0.29) is 24.0 Å². The SMILES string of the molecule is CC1CCN(C(N)=NCCCOCC2CCOCC2)CC1.I. The number of nitrogens with zero attached hydrogens (tertiary/aromatic N) is 2. The fraction of sp³-hybridized carbons (Fsp3) is 0.938. The summed E-state index contributed by atoms with van der Waals surface area (Å²) in [5.74, 6) is 2.22. The lowest BCUT2D eigenvalue weighted by atomic mass is 10.00. The second-order valence-corrected chi connectivity index (χ2v) is 6.39. The second-order valence-electron chi connectivity index (χ2n) is 6.39. The lowest BCUT2D eigenvalue weighted by molar-refractivity contribution is 0.0205. The van der Waals surface area contributed by atoms with Gasteiger partial charge in [-0.3, -0.25) is 4.99 Å². The van der Waals surface area contributed by atoms with Crippen LogP contribution >= 0.6 is 24.0 Å². The summed E-state index contributed by atoms with van der Waals surface area (Å²) in [6.45, 7) is 8.62. The van der Waals surface area contributed by atoms with Gasteiger partial charge in [0.1, 0.15) is 0 Å². The quantitative estimate of drug-likeness (QED) is 0.308. The highest BCUT2D eigenvalue weighted by molar-refractivity contribution is 14.0. The van der Waals surface area contributed by atoms with E-state index in [0.29, 0.717) is 11.9 Å². The van der Waals surface area contributed by atoms with Crippen molar-refractivity contribution in [2.75, 3.05) is 46.1 Å². The summed E-state index contributed by atoms with van der Waals surface area (Å²) in [6.07, 6.45) is 5.68. The van der Waals surface area contributed by atoms with Crippen molar-refractivity contribution >= 4 is 29.9 Å². The molecule has 0 saturated carbocycles. The predicted molar refractivity (Wildman–Crippen MR) is 101 cm³/mol. The van der Waals surface area contributed by atoms with Crippen LogP contribution < -0.4 is 5.73 Å². The monoisotopic (exact) mass is 425 g/mol. The molecule has 2 rings (SSSR count). The molecule has 0 amide bonds. The number of guanidine groups is 1. The van der Waals surface area contributed by atoms with Crippen molar-refractivity contribution in [1.82, 2.24) is 4.90 Å². The predicted octanol–water partition coefficient (Wildman–Crippen LogP) is 2.48. The maximum Gasteiger partial charge on any atom is 0.191 e. The molecule has 22 heavy (non-hydrogen) atoms. The molecule has 2 N–H and O–H groups in total. The summed E-state index contributed by atoms with van der Waals surface area (Å²) in [5.41, 5.74) is 6.05. The number of likely N-dealkylation sites (tertiary alicyclic amines) is 1. The van der Waals surface area contributed by atoms with Crippen molar-refractivity contribution < 1.29 is 9.47 Å². The normalized spacial score (nSPS) is 21.7. The Morgan fingerprint density at radius 3 is 2.59 bits per heavy atom. The molecule has 2 heterocycles. The van der Waals surface area contributed by atoms with Gasteiger partial charge in [-0.2, -0.15) is 0 Å². The molecule has 2 aliphatic rings. The van der Waals surface area contributed by atoms with Crippen LogP contribution in [0, 0.1) is 11.8 Å². The zero-order valence-electron chi connectivity index (χ0n) is 13.8. The van der Waals surface area contributed by atoms with E-state index in [1.807, 2.05) is 0 Å². The van der Waals surface area contributed by atoms with Gasteiger partial charge in [-0.25, -0.2) is 0 Å². The van der Waals surface area contributed by atoms with E-state index in [2.05, 4.69) is 16.8 Å². The standard InChI is InChI=1S/C16H31N3O2.HI/c1-14-3-8-19(9-4-14)16(17)18-7-2-10-21-13-15-5-11-20-12-6-15;/h14-15H,2-13H2,1H3,(H2,17,18);1H. The number of hydrogen-bond donors (Lipinski definition) is 1. The molecule has 2 aliphatic heterocycles. The summed E-state index contributed by atoms with van der Waals surface area (Å²) < 4.78 is 11.1. The van der Waals surface area contributed by atoms with Gasteiger partial charge in [0.15, 0.2) is 5.96 Å². The number of piperidine rings is 1. The molecular weight excluding hydrogens is 393 g/mol. The van der Waals surface area contributed by atoms with Gasteiger partial charge in [-0.05, 0) is 43.9 Å². The Labute approximate surface area is 152 Å². The molecular formula is C16H32IN3O2. The molecule has 0 aromatic carbocycles. The van der Waals surface area contributed by atoms with Gasteiger partial charge in [0.25, 0.3) is 0 Å². The van der Waals surface area contributed by atoms with Crippen LogP contribution in [0.1, 0.15) is 39.0 Å². The minimum atomic E-state index is 0. The van der Waals surface area contributed by atoms with Crippen LogP contribution in [0.4, 0.5) is 0 Å². The van der Waals surface area contributed by atoms with Gasteiger partial charge >= 0.3 is 0 Å². The Morgan fingerprint density at radius 2 is 1.91 bits per heavy atom. The largest absolute Gasteiger partial charge is 0.381 e. The number of halogens is 1. The zero-order valence-corrected chi connectivity index (χ0v) is 16.2. The smallest absolute Gasteiger partial charge is 0.191 e. The lowest BCUT2D eigenvalue weighted by Gasteiger charge is -2.31. The first-order valence-corrected chi connectivity index (χ1v) is 8.46. The summed E-state index contributed by atoms with van der Waals surface area (Å²) in [7, 11) is 0. The highest BCUT2D eigenvalue weighted by atomic mass is 127. The van der Waals surface area contributed by atoms with Crippen LogP contribution in [0.5, 0.6) is 0 Å². The molecule has 0 unspecified atom stereocenters. The van der Waals surface area contributed by atoms with Crippen molar-refractivity contribution in [1.29, 1.82) is 0 Å². The lowest BCUT2D eigenvalue weighted by Crippen LogP contribution is -2.42. The van der Waals surface area contributed by atoms with E-state index in [4.69, 9.17) is 15.2 Å². The van der Waals surface area contributed by atoms with Gasteiger partial charge in [-0.1, -0.05) is 6.92 Å². The first-order valence-electron chi connectivity index (χ1n) is 8.46. The maximum absolute atomic E-state index is 6.05. The first kappa shape index (κ1) is 20.0. The van der Waals surface area contributed by atoms with Crippen LogP contribution in [0.2, 0.25) is 0 Å². The van der Waals surface area contributed by atoms with Gasteiger partial charge in [0.05, 0.1) is 0 Å². The average Bonchev–Trinajstić information content (AvgIpc) is 2.52. The van der Waals surface area contributed by atoms with Crippen molar-refractivity contribution in [3.8, 4) is 0 Å². The van der Waals surface area contributed by atoms with Crippen LogP contribution in [-0.4, -0.2) is 56.9 Å². The molecule has 130 valence electrons. The Bertz CT molecular complexity index is 315. The number of ether oxygens (including phenoxy) is 2. The van der Waals surface area contributed by atoms with Crippen molar-refractivity contribution in [2.24, 2.45) is 22.6 Å². The first-order chi connectivity index (χ1) is 10.3. The van der Waals surface area contributed by atoms with Crippen LogP contribution in [0.15, 0.2) is 4.99 Å². The molecule has 0 radical (unpaired) electrons. The van der Waals surface area contributed by atoms with Crippen LogP contribution in [-0.2, 0) is 9.47 Å². The van der Waals surface area contributed by atoms with Gasteiger partial charge < -0.3 is 20.1 Å². The Balaban J connectivity index is 0.00000242. The fourth-order valence-electron chi connectivity index (χ4n) is 2.86. The molecule has 0 spiro atoms. The van der Waals surface area contributed by atoms with Crippen LogP contribution in [0.25, 0.3) is 0 Å². The maximum atomic E-state index is 6.05. The molecule has 0 aliphatic carbocycles. The summed E-state index contributed by atoms with van der Waals surface area (Å²) in [6, 6.07) is 0. The van der Waals surface area contributed by atoms with E-state index >= 15 is 0 Å². The molecule has 0 atom stereocenters. The van der Waals surface area contributed by atoms with Gasteiger partial charge in [-0.15, -0.1) is 24.0 Å². The van der Waals surface area contributed by atoms with Crippen LogP contribution in [0.3, 0.4) is 0 Å². The van der Waals surface area contributed by atoms with Gasteiger partial charge in [0.2, 0.25) is 0 Å². The zero-order chi connectivity index (χ0) is 14.9. The molecule has 2 fully saturated rings. The minimum Gasteiger partial charge on any atom is -0.381 e. The average molecular weight is 425 g/mol. The Hall–Kier alpha value is -0.0800. The Kier molecular flexibility index (Phi) is 10.4. The summed E-state index contributed by atoms with van der Waals surface area (Å²) in [4.78, 5) is 6.69. The number of rotatable bonds is 6. The minimum absolute atomic E-state index is 0. The van der Waals surface area contributed by atoms with Gasteiger partial charge in [0, 0.05) is 46.1 Å². The Morgan fingerprint density at radius 1 is 1.23 bits per heavy atom. The van der Waals surface area contributed by atoms with E-state index in [1.54, 1.807) is 0 Å². The van der Waals surface area contributed by atoms with Crippen molar-refractivity contribution in [2.45, 2.75) is 39.0 Å². The van der Waals surface area contributed by atoms with E-state index < -0.39 is 0 Å². The third kappa shape index (κ3) is 7.46. The summed E-state index contributed by atoms with van der Waals surface area (Å²) >= 11 is 0. The molecule has 2 saturated heterocycles. The number of aliphatic imine (C=N–C) groups is 1. The molecule has 0 bridgehead atoms. The molecule has 0 aromatic rings. The highest BCUT2D eigenvalue weighted by Crippen LogP contribution is 2.16. The topological polar surface area (TPSA) is 60.1 Å². The van der Waals surface area contributed by atoms with Crippen molar-refractivity contribution in [3.63, 3.8) is 0 Å². The van der Waals surface area contributed by atoms with E-state index in [1.165, 1.54) is 12.8 Å². The third-order valence-electron chi connectivity index (χ3n) is 4.52. The van der Waals surface area contributed by atoms with E-state index in [0.717, 1.165) is 71.2 Å². The second kappa shape index (κ2) is 11.5. The van der Waals surface area contributed by atoms with Crippen molar-refractivity contribution in [3.05, 3.63) is 0 Å².